The molecular weight excluding hydrogens is 450 g/mol. The van der Waals surface area contributed by atoms with Crippen LogP contribution in [0.15, 0.2) is 53.2 Å². The van der Waals surface area contributed by atoms with Crippen molar-refractivity contribution in [1.29, 1.82) is 0 Å². The number of aryl methyl sites for hydroxylation is 1. The molecule has 0 spiro atoms. The van der Waals surface area contributed by atoms with Crippen LogP contribution in [-0.2, 0) is 19.3 Å². The first-order valence-corrected chi connectivity index (χ1v) is 9.97. The van der Waals surface area contributed by atoms with Gasteiger partial charge >= 0.3 is 6.18 Å². The quantitative estimate of drug-likeness (QED) is 0.231. The second-order valence-electron chi connectivity index (χ2n) is 6.50. The Morgan fingerprint density at radius 3 is 2.69 bits per heavy atom. The Morgan fingerprint density at radius 1 is 1.19 bits per heavy atom. The van der Waals surface area contributed by atoms with Crippen molar-refractivity contribution in [3.8, 4) is 5.75 Å². The van der Waals surface area contributed by atoms with Crippen LogP contribution in [0, 0.1) is 12.7 Å². The van der Waals surface area contributed by atoms with Crippen LogP contribution < -0.4 is 4.74 Å². The summed E-state index contributed by atoms with van der Waals surface area (Å²) in [5.41, 5.74) is 0.457. The van der Waals surface area contributed by atoms with E-state index in [0.717, 1.165) is 16.3 Å². The van der Waals surface area contributed by atoms with Gasteiger partial charge < -0.3 is 4.74 Å². The fourth-order valence-corrected chi connectivity index (χ4v) is 3.76. The molecule has 8 nitrogen and oxygen atoms in total. The number of alkyl halides is 3. The number of benzene rings is 1. The first kappa shape index (κ1) is 21.7. The van der Waals surface area contributed by atoms with Crippen molar-refractivity contribution in [3.05, 3.63) is 66.1 Å². The lowest BCUT2D eigenvalue weighted by molar-refractivity contribution is -0.144. The summed E-state index contributed by atoms with van der Waals surface area (Å²) in [5.74, 6) is -1.55. The van der Waals surface area contributed by atoms with E-state index in [1.165, 1.54) is 12.1 Å². The number of ether oxygens (including phenoxy) is 1. The first-order chi connectivity index (χ1) is 15.3. The number of para-hydroxylation sites is 1. The zero-order valence-electron chi connectivity index (χ0n) is 16.5. The third-order valence-corrected chi connectivity index (χ3v) is 5.14. The number of halogens is 4. The Balaban J connectivity index is 1.66. The van der Waals surface area contributed by atoms with Crippen LogP contribution >= 0.6 is 11.8 Å². The molecule has 0 radical (unpaired) electrons. The van der Waals surface area contributed by atoms with Crippen LogP contribution in [0.4, 0.5) is 17.6 Å². The molecule has 0 unspecified atom stereocenters. The van der Waals surface area contributed by atoms with Gasteiger partial charge in [0.15, 0.2) is 22.5 Å². The predicted molar refractivity (Wildman–Crippen MR) is 106 cm³/mol. The van der Waals surface area contributed by atoms with E-state index in [1.54, 1.807) is 35.8 Å². The average molecular weight is 465 g/mol. The number of fused-ring (bicyclic) bond motifs is 1. The van der Waals surface area contributed by atoms with Crippen molar-refractivity contribution in [2.75, 3.05) is 0 Å². The van der Waals surface area contributed by atoms with Gasteiger partial charge in [-0.15, -0.1) is 21.9 Å². The topological polar surface area (TPSA) is 83.0 Å². The first-order valence-electron chi connectivity index (χ1n) is 9.16. The van der Waals surface area contributed by atoms with Crippen molar-refractivity contribution < 1.29 is 22.3 Å². The number of hydrogen-bond donors (Lipinski definition) is 0. The van der Waals surface area contributed by atoms with Gasteiger partial charge in [0.25, 0.3) is 11.6 Å². The summed E-state index contributed by atoms with van der Waals surface area (Å²) in [6.45, 7) is 5.56. The molecule has 0 bridgehead atoms. The largest absolute Gasteiger partial charge is 0.483 e. The average Bonchev–Trinajstić information content (AvgIpc) is 3.32. The molecule has 3 heterocycles. The number of aromatic nitrogens is 7. The van der Waals surface area contributed by atoms with Gasteiger partial charge in [-0.3, -0.25) is 4.57 Å². The summed E-state index contributed by atoms with van der Waals surface area (Å²) >= 11 is 1.03. The van der Waals surface area contributed by atoms with Crippen LogP contribution in [0.25, 0.3) is 5.78 Å². The zero-order valence-corrected chi connectivity index (χ0v) is 17.4. The van der Waals surface area contributed by atoms with Crippen LogP contribution in [0.3, 0.4) is 0 Å². The van der Waals surface area contributed by atoms with Crippen molar-refractivity contribution in [1.82, 2.24) is 34.3 Å². The van der Waals surface area contributed by atoms with Gasteiger partial charge in [-0.2, -0.15) is 22.7 Å². The van der Waals surface area contributed by atoms with E-state index in [1.807, 2.05) is 0 Å². The lowest BCUT2D eigenvalue weighted by Gasteiger charge is -2.10. The summed E-state index contributed by atoms with van der Waals surface area (Å²) in [5, 5.41) is 12.4. The van der Waals surface area contributed by atoms with Gasteiger partial charge in [0.1, 0.15) is 11.6 Å². The third kappa shape index (κ3) is 4.42. The van der Waals surface area contributed by atoms with Crippen molar-refractivity contribution in [2.24, 2.45) is 0 Å². The van der Waals surface area contributed by atoms with Gasteiger partial charge in [-0.1, -0.05) is 18.2 Å². The highest BCUT2D eigenvalue weighted by Gasteiger charge is 2.37. The third-order valence-electron chi connectivity index (χ3n) is 4.16. The van der Waals surface area contributed by atoms with E-state index < -0.39 is 17.8 Å². The molecule has 32 heavy (non-hydrogen) atoms. The van der Waals surface area contributed by atoms with E-state index in [4.69, 9.17) is 4.74 Å². The van der Waals surface area contributed by atoms with Crippen molar-refractivity contribution in [3.63, 3.8) is 0 Å². The standard InChI is InChI=1S/C19H15F4N7OS/c1-3-8-29-14(10-31-13-7-5-4-6-12(13)20)26-27-18(29)32-15-9-11(2)24-17-25-16(19(21,22)23)28-30(15)17/h3-7,9H,1,8,10H2,2H3. The summed E-state index contributed by atoms with van der Waals surface area (Å²) in [4.78, 5) is 7.48. The molecule has 0 aliphatic carbocycles. The highest BCUT2D eigenvalue weighted by molar-refractivity contribution is 7.99. The van der Waals surface area contributed by atoms with E-state index in [2.05, 4.69) is 31.8 Å². The zero-order chi connectivity index (χ0) is 22.9. The molecule has 3 aromatic heterocycles. The predicted octanol–water partition coefficient (Wildman–Crippen LogP) is 4.10. The van der Waals surface area contributed by atoms with Gasteiger partial charge in [-0.05, 0) is 36.9 Å². The molecule has 166 valence electrons. The molecule has 0 atom stereocenters. The van der Waals surface area contributed by atoms with E-state index >= 15 is 0 Å². The van der Waals surface area contributed by atoms with Crippen LogP contribution in [-0.4, -0.2) is 34.3 Å². The summed E-state index contributed by atoms with van der Waals surface area (Å²) in [6, 6.07) is 7.50. The normalized spacial score (nSPS) is 11.8. The molecule has 1 aromatic carbocycles. The Hall–Kier alpha value is -3.48. The summed E-state index contributed by atoms with van der Waals surface area (Å²) < 4.78 is 61.1. The van der Waals surface area contributed by atoms with Crippen molar-refractivity contribution >= 4 is 17.5 Å². The lowest BCUT2D eigenvalue weighted by atomic mass is 10.3. The lowest BCUT2D eigenvalue weighted by Crippen LogP contribution is -2.09. The fourth-order valence-electron chi connectivity index (χ4n) is 2.76. The van der Waals surface area contributed by atoms with E-state index in [9.17, 15) is 17.6 Å². The minimum absolute atomic E-state index is 0.0589. The van der Waals surface area contributed by atoms with Crippen LogP contribution in [0.1, 0.15) is 17.3 Å². The summed E-state index contributed by atoms with van der Waals surface area (Å²) in [7, 11) is 0. The minimum Gasteiger partial charge on any atom is -0.483 e. The maximum absolute atomic E-state index is 13.8. The molecule has 4 rings (SSSR count). The van der Waals surface area contributed by atoms with Gasteiger partial charge in [0.05, 0.1) is 0 Å². The number of allylic oxidation sites excluding steroid dienone is 1. The fraction of sp³-hybridized carbons (Fsp3) is 0.211. The monoisotopic (exact) mass is 465 g/mol. The number of rotatable bonds is 7. The molecule has 0 N–H and O–H groups in total. The Labute approximate surface area is 183 Å². The molecule has 0 aliphatic heterocycles. The van der Waals surface area contributed by atoms with Gasteiger partial charge in [-0.25, -0.2) is 9.37 Å². The highest BCUT2D eigenvalue weighted by atomic mass is 32.2. The number of hydrogen-bond acceptors (Lipinski definition) is 7. The molecular formula is C19H15F4N7OS. The van der Waals surface area contributed by atoms with E-state index in [-0.39, 0.29) is 18.1 Å². The van der Waals surface area contributed by atoms with Crippen LogP contribution in [0.2, 0.25) is 0 Å². The Kier molecular flexibility index (Phi) is 5.82. The molecule has 0 amide bonds. The maximum Gasteiger partial charge on any atom is 0.453 e. The number of nitrogens with zero attached hydrogens (tertiary/aromatic N) is 7. The minimum atomic E-state index is -4.70. The highest BCUT2D eigenvalue weighted by Crippen LogP contribution is 2.31. The van der Waals surface area contributed by atoms with Gasteiger partial charge in [0, 0.05) is 12.2 Å². The molecule has 0 saturated heterocycles. The molecule has 0 saturated carbocycles. The molecule has 4 aromatic rings. The second kappa shape index (κ2) is 8.57. The van der Waals surface area contributed by atoms with Crippen LogP contribution in [0.5, 0.6) is 5.75 Å². The van der Waals surface area contributed by atoms with Crippen molar-refractivity contribution in [2.45, 2.75) is 36.4 Å². The molecule has 0 aliphatic rings. The maximum atomic E-state index is 13.8. The Bertz CT molecular complexity index is 1280. The molecule has 0 fully saturated rings. The van der Waals surface area contributed by atoms with E-state index in [0.29, 0.717) is 28.2 Å². The molecule has 13 heteroatoms. The smallest absolute Gasteiger partial charge is 0.453 e. The van der Waals surface area contributed by atoms with Gasteiger partial charge in [0.2, 0.25) is 0 Å². The second-order valence-corrected chi connectivity index (χ2v) is 7.49. The Morgan fingerprint density at radius 2 is 1.97 bits per heavy atom. The summed E-state index contributed by atoms with van der Waals surface area (Å²) in [6.07, 6.45) is -3.10. The SMILES string of the molecule is C=CCn1c(COc2ccccc2F)nnc1Sc1cc(C)nc2nc(C(F)(F)F)nn12.